The van der Waals surface area contributed by atoms with Crippen LogP contribution in [0.1, 0.15) is 17.4 Å². The lowest BCUT2D eigenvalue weighted by Gasteiger charge is -2.25. The predicted octanol–water partition coefficient (Wildman–Crippen LogP) is 4.12. The summed E-state index contributed by atoms with van der Waals surface area (Å²) < 4.78 is 1.19. The first-order valence-electron chi connectivity index (χ1n) is 6.83. The molecule has 0 fully saturated rings. The second kappa shape index (κ2) is 7.93. The molecule has 1 aromatic carbocycles. The van der Waals surface area contributed by atoms with Crippen molar-refractivity contribution >= 4 is 27.3 Å². The molecule has 0 aliphatic rings. The van der Waals surface area contributed by atoms with Crippen LogP contribution in [-0.2, 0) is 13.1 Å². The molecule has 1 unspecified atom stereocenters. The normalized spacial score (nSPS) is 12.8. The molecule has 108 valence electrons. The summed E-state index contributed by atoms with van der Waals surface area (Å²) in [6, 6.07) is 13.2. The monoisotopic (exact) mass is 352 g/mol. The van der Waals surface area contributed by atoms with E-state index in [9.17, 15) is 0 Å². The van der Waals surface area contributed by atoms with Crippen LogP contribution in [0.3, 0.4) is 0 Å². The Hall–Kier alpha value is -0.680. The van der Waals surface area contributed by atoms with Gasteiger partial charge in [0, 0.05) is 35.0 Å². The van der Waals surface area contributed by atoms with Gasteiger partial charge in [-0.15, -0.1) is 11.3 Å². The van der Waals surface area contributed by atoms with Gasteiger partial charge in [0.05, 0.1) is 0 Å². The van der Waals surface area contributed by atoms with Gasteiger partial charge in [-0.25, -0.2) is 0 Å². The lowest BCUT2D eigenvalue weighted by atomic mass is 10.2. The average molecular weight is 353 g/mol. The van der Waals surface area contributed by atoms with Crippen molar-refractivity contribution in [1.29, 1.82) is 0 Å². The molecule has 2 nitrogen and oxygen atoms in total. The van der Waals surface area contributed by atoms with Crippen LogP contribution in [0.25, 0.3) is 0 Å². The maximum Gasteiger partial charge on any atom is 0.0300 e. The molecule has 20 heavy (non-hydrogen) atoms. The summed E-state index contributed by atoms with van der Waals surface area (Å²) in [4.78, 5) is 3.77. The molecule has 1 aromatic heterocycles. The topological polar surface area (TPSA) is 15.3 Å². The van der Waals surface area contributed by atoms with E-state index in [0.717, 1.165) is 19.6 Å². The molecular formula is C16H21BrN2S. The van der Waals surface area contributed by atoms with Gasteiger partial charge in [0.25, 0.3) is 0 Å². The largest absolute Gasteiger partial charge is 0.310 e. The van der Waals surface area contributed by atoms with Gasteiger partial charge in [-0.05, 0) is 37.0 Å². The van der Waals surface area contributed by atoms with E-state index in [1.165, 1.54) is 14.9 Å². The summed E-state index contributed by atoms with van der Waals surface area (Å²) in [5, 5.41) is 5.65. The highest BCUT2D eigenvalue weighted by molar-refractivity contribution is 9.10. The third-order valence-corrected chi connectivity index (χ3v) is 5.10. The quantitative estimate of drug-likeness (QED) is 0.806. The summed E-state index contributed by atoms with van der Waals surface area (Å²) in [5.41, 5.74) is 1.33. The van der Waals surface area contributed by atoms with Gasteiger partial charge in [0.1, 0.15) is 0 Å². The molecule has 4 heteroatoms. The molecule has 0 bridgehead atoms. The van der Waals surface area contributed by atoms with Crippen LogP contribution >= 0.6 is 27.3 Å². The zero-order valence-electron chi connectivity index (χ0n) is 12.0. The maximum absolute atomic E-state index is 3.61. The third-order valence-electron chi connectivity index (χ3n) is 3.45. The standard InChI is InChI=1S/C16H21BrN2S/c1-13(10-18-11-15-7-5-9-20-15)19(2)12-14-6-3-4-8-16(14)17/h3-9,13,18H,10-12H2,1-2H3. The van der Waals surface area contributed by atoms with Gasteiger partial charge in [-0.3, -0.25) is 4.90 Å². The van der Waals surface area contributed by atoms with E-state index in [1.807, 2.05) is 0 Å². The average Bonchev–Trinajstić information content (AvgIpc) is 2.94. The van der Waals surface area contributed by atoms with Crippen molar-refractivity contribution in [1.82, 2.24) is 10.2 Å². The Balaban J connectivity index is 1.77. The molecule has 0 aliphatic heterocycles. The SMILES string of the molecule is CC(CNCc1cccs1)N(C)Cc1ccccc1Br. The van der Waals surface area contributed by atoms with Crippen molar-refractivity contribution in [2.24, 2.45) is 0 Å². The molecule has 0 amide bonds. The molecule has 1 heterocycles. The molecule has 1 atom stereocenters. The van der Waals surface area contributed by atoms with E-state index >= 15 is 0 Å². The summed E-state index contributed by atoms with van der Waals surface area (Å²) >= 11 is 5.42. The van der Waals surface area contributed by atoms with Crippen LogP contribution in [0.5, 0.6) is 0 Å². The predicted molar refractivity (Wildman–Crippen MR) is 91.1 cm³/mol. The van der Waals surface area contributed by atoms with Crippen LogP contribution in [0, 0.1) is 0 Å². The second-order valence-electron chi connectivity index (χ2n) is 5.07. The lowest BCUT2D eigenvalue weighted by molar-refractivity contribution is 0.242. The van der Waals surface area contributed by atoms with Crippen molar-refractivity contribution in [2.45, 2.75) is 26.1 Å². The van der Waals surface area contributed by atoms with Crippen LogP contribution in [-0.4, -0.2) is 24.5 Å². The summed E-state index contributed by atoms with van der Waals surface area (Å²) in [6.07, 6.45) is 0. The molecule has 0 spiro atoms. The highest BCUT2D eigenvalue weighted by Crippen LogP contribution is 2.18. The van der Waals surface area contributed by atoms with Crippen molar-refractivity contribution in [3.05, 3.63) is 56.7 Å². The van der Waals surface area contributed by atoms with Gasteiger partial charge < -0.3 is 5.32 Å². The highest BCUT2D eigenvalue weighted by atomic mass is 79.9. The molecule has 0 radical (unpaired) electrons. The van der Waals surface area contributed by atoms with Crippen LogP contribution < -0.4 is 5.32 Å². The number of nitrogens with zero attached hydrogens (tertiary/aromatic N) is 1. The van der Waals surface area contributed by atoms with Crippen LogP contribution in [0.2, 0.25) is 0 Å². The number of benzene rings is 1. The fourth-order valence-electron chi connectivity index (χ4n) is 2.02. The Bertz CT molecular complexity index is 513. The van der Waals surface area contributed by atoms with Crippen molar-refractivity contribution in [3.8, 4) is 0 Å². The number of hydrogen-bond acceptors (Lipinski definition) is 3. The zero-order chi connectivity index (χ0) is 14.4. The van der Waals surface area contributed by atoms with E-state index in [1.54, 1.807) is 11.3 Å². The van der Waals surface area contributed by atoms with Crippen molar-refractivity contribution in [2.75, 3.05) is 13.6 Å². The van der Waals surface area contributed by atoms with Gasteiger partial charge in [0.2, 0.25) is 0 Å². The van der Waals surface area contributed by atoms with Gasteiger partial charge in [0.15, 0.2) is 0 Å². The minimum atomic E-state index is 0.502. The van der Waals surface area contributed by atoms with E-state index in [0.29, 0.717) is 6.04 Å². The third kappa shape index (κ3) is 4.70. The van der Waals surface area contributed by atoms with Gasteiger partial charge in [-0.1, -0.05) is 40.2 Å². The maximum atomic E-state index is 3.61. The number of nitrogens with one attached hydrogen (secondary N) is 1. The first-order chi connectivity index (χ1) is 9.66. The molecule has 0 saturated heterocycles. The minimum absolute atomic E-state index is 0.502. The Morgan fingerprint density at radius 2 is 2.05 bits per heavy atom. The van der Waals surface area contributed by atoms with Gasteiger partial charge in [-0.2, -0.15) is 0 Å². The number of thiophene rings is 1. The second-order valence-corrected chi connectivity index (χ2v) is 6.95. The van der Waals surface area contributed by atoms with E-state index in [4.69, 9.17) is 0 Å². The van der Waals surface area contributed by atoms with E-state index < -0.39 is 0 Å². The minimum Gasteiger partial charge on any atom is -0.310 e. The fourth-order valence-corrected chi connectivity index (χ4v) is 3.11. The smallest absolute Gasteiger partial charge is 0.0300 e. The summed E-state index contributed by atoms with van der Waals surface area (Å²) in [6.45, 7) is 5.19. The van der Waals surface area contributed by atoms with E-state index in [2.05, 4.69) is 81.9 Å². The summed E-state index contributed by atoms with van der Waals surface area (Å²) in [7, 11) is 2.18. The van der Waals surface area contributed by atoms with Crippen LogP contribution in [0.4, 0.5) is 0 Å². The first-order valence-corrected chi connectivity index (χ1v) is 8.51. The van der Waals surface area contributed by atoms with E-state index in [-0.39, 0.29) is 0 Å². The molecule has 0 saturated carbocycles. The number of likely N-dealkylation sites (N-methyl/N-ethyl adjacent to an activating group) is 1. The first kappa shape index (κ1) is 15.7. The number of rotatable bonds is 7. The Labute approximate surface area is 133 Å². The van der Waals surface area contributed by atoms with Crippen molar-refractivity contribution in [3.63, 3.8) is 0 Å². The molecule has 1 N–H and O–H groups in total. The lowest BCUT2D eigenvalue weighted by Crippen LogP contribution is -2.37. The Morgan fingerprint density at radius 3 is 2.75 bits per heavy atom. The zero-order valence-corrected chi connectivity index (χ0v) is 14.4. The summed E-state index contributed by atoms with van der Waals surface area (Å²) in [5.74, 6) is 0. The van der Waals surface area contributed by atoms with Crippen LogP contribution in [0.15, 0.2) is 46.3 Å². The Kier molecular flexibility index (Phi) is 6.23. The molecular weight excluding hydrogens is 332 g/mol. The molecule has 0 aliphatic carbocycles. The highest BCUT2D eigenvalue weighted by Gasteiger charge is 2.10. The fraction of sp³-hybridized carbons (Fsp3) is 0.375. The van der Waals surface area contributed by atoms with Crippen molar-refractivity contribution < 1.29 is 0 Å². The molecule has 2 rings (SSSR count). The molecule has 2 aromatic rings. The Morgan fingerprint density at radius 1 is 1.25 bits per heavy atom. The van der Waals surface area contributed by atoms with Gasteiger partial charge >= 0.3 is 0 Å². The number of halogens is 1. The number of hydrogen-bond donors (Lipinski definition) is 1.